The van der Waals surface area contributed by atoms with Gasteiger partial charge in [0.15, 0.2) is 11.5 Å². The Morgan fingerprint density at radius 2 is 1.30 bits per heavy atom. The zero-order chi connectivity index (χ0) is 67.0. The summed E-state index contributed by atoms with van der Waals surface area (Å²) < 4.78 is 16.9. The van der Waals surface area contributed by atoms with Crippen LogP contribution in [0.15, 0.2) is 91.0 Å². The summed E-state index contributed by atoms with van der Waals surface area (Å²) in [4.78, 5) is 103. The lowest BCUT2D eigenvalue weighted by atomic mass is 9.98. The van der Waals surface area contributed by atoms with E-state index in [1.807, 2.05) is 55.5 Å². The normalized spacial score (nSPS) is 24.5. The maximum Gasteiger partial charge on any atom is 0.251 e. The molecule has 502 valence electrons. The zero-order valence-electron chi connectivity index (χ0n) is 51.8. The molecule has 29 heteroatoms. The van der Waals surface area contributed by atoms with E-state index in [0.29, 0.717) is 41.8 Å². The van der Waals surface area contributed by atoms with Crippen LogP contribution in [-0.2, 0) is 39.9 Å². The highest BCUT2D eigenvalue weighted by Gasteiger charge is 2.50. The maximum absolute atomic E-state index is 14.7. The van der Waals surface area contributed by atoms with Crippen LogP contribution >= 0.6 is 11.3 Å². The van der Waals surface area contributed by atoms with E-state index < -0.39 is 152 Å². The fourth-order valence-corrected chi connectivity index (χ4v) is 12.0. The van der Waals surface area contributed by atoms with Gasteiger partial charge in [-0.1, -0.05) is 72.9 Å². The van der Waals surface area contributed by atoms with E-state index in [1.54, 1.807) is 12.1 Å². The number of carbonyl (C=O) groups excluding carboxylic acids is 7. The second-order valence-corrected chi connectivity index (χ2v) is 24.3. The number of hydrogen-bond donors (Lipinski definition) is 14. The van der Waals surface area contributed by atoms with Gasteiger partial charge in [0.25, 0.3) is 5.91 Å². The molecule has 7 amide bonds. The van der Waals surface area contributed by atoms with Crippen molar-refractivity contribution in [3.05, 3.63) is 102 Å². The van der Waals surface area contributed by atoms with Crippen LogP contribution in [0.2, 0.25) is 0 Å². The van der Waals surface area contributed by atoms with Gasteiger partial charge in [0.2, 0.25) is 35.4 Å². The van der Waals surface area contributed by atoms with Crippen LogP contribution in [0.3, 0.4) is 0 Å². The molecular formula is C64H83N11O17S. The Labute approximate surface area is 541 Å². The van der Waals surface area contributed by atoms with Crippen LogP contribution in [0.25, 0.3) is 32.3 Å². The molecule has 0 spiro atoms. The molecule has 0 radical (unpaired) electrons. The molecule has 0 bridgehead atoms. The van der Waals surface area contributed by atoms with Gasteiger partial charge in [-0.25, -0.2) is 0 Å². The molecule has 4 heterocycles. The number of benzene rings is 4. The molecule has 3 aliphatic rings. The number of phenolic OH excluding ortho intramolecular Hbond substituents is 1. The Morgan fingerprint density at radius 1 is 0.688 bits per heavy atom. The van der Waals surface area contributed by atoms with Crippen molar-refractivity contribution in [3.63, 3.8) is 0 Å². The quantitative estimate of drug-likeness (QED) is 0.0372. The maximum atomic E-state index is 14.7. The molecule has 0 aliphatic carbocycles. The molecule has 28 nitrogen and oxygen atoms in total. The zero-order valence-corrected chi connectivity index (χ0v) is 52.7. The minimum Gasteiger partial charge on any atom is -0.504 e. The summed E-state index contributed by atoms with van der Waals surface area (Å²) in [7, 11) is 0. The smallest absolute Gasteiger partial charge is 0.251 e. The number of aromatic hydroxyl groups is 1. The van der Waals surface area contributed by atoms with Gasteiger partial charge in [-0.3, -0.25) is 33.6 Å². The Bertz CT molecular complexity index is 3360. The molecular weight excluding hydrogens is 1230 g/mol. The monoisotopic (exact) mass is 1310 g/mol. The Hall–Kier alpha value is -8.23. The van der Waals surface area contributed by atoms with Crippen molar-refractivity contribution < 1.29 is 83.5 Å². The van der Waals surface area contributed by atoms with E-state index >= 15 is 0 Å². The number of nitrogens with two attached hydrogens (primary N) is 2. The predicted molar refractivity (Wildman–Crippen MR) is 339 cm³/mol. The van der Waals surface area contributed by atoms with Crippen LogP contribution in [0.5, 0.6) is 17.2 Å². The minimum atomic E-state index is -2.04. The highest BCUT2D eigenvalue weighted by atomic mass is 32.1. The number of β-amino-alcohol motifs (C(OH)–C–C–N with tert-alkyl or cyclic N) is 1. The van der Waals surface area contributed by atoms with Crippen molar-refractivity contribution in [2.45, 2.75) is 132 Å². The van der Waals surface area contributed by atoms with Crippen molar-refractivity contribution in [2.24, 2.45) is 17.4 Å². The number of aliphatic hydroxyl groups excluding tert-OH is 6. The molecule has 8 rings (SSSR count). The molecule has 5 aromatic rings. The number of nitrogens with zero attached hydrogens (tertiary/aromatic N) is 4. The SMILES string of the molecule is CCOCCCOc1ccc(-c2ccc(-c3nnc(-c4ccc(C(=O)N[C@H]5C[C@@H](O)CNC(=O)[C@@H]6[C@@H](O)[C@@H](C)CN6C(=O)[C@H]([C@H](O)CCN)NC(=O)[C@H]([C@H](O)Cc6ccc(O)c(OCCCN)c6)NC(=O)[C@@H]6C[C@@H](O)CN6C(=O)[C@H]([C@@H](C)O)NC5=O)cc4)s3)cc2)cc1. The Kier molecular flexibility index (Phi) is 25.1. The topological polar surface area (TPSA) is 433 Å². The molecule has 3 aliphatic heterocycles. The second-order valence-electron chi connectivity index (χ2n) is 23.4. The summed E-state index contributed by atoms with van der Waals surface area (Å²) >= 11 is 1.31. The van der Waals surface area contributed by atoms with Gasteiger partial charge in [0, 0.05) is 81.1 Å². The average molecular weight is 1310 g/mol. The molecule has 3 fully saturated rings. The Balaban J connectivity index is 1.04. The molecule has 4 aromatic carbocycles. The first-order valence-corrected chi connectivity index (χ1v) is 31.8. The highest BCUT2D eigenvalue weighted by Crippen LogP contribution is 2.33. The van der Waals surface area contributed by atoms with Gasteiger partial charge in [-0.15, -0.1) is 10.2 Å². The number of carbonyl (C=O) groups is 7. The van der Waals surface area contributed by atoms with E-state index in [9.17, 15) is 69.3 Å². The highest BCUT2D eigenvalue weighted by molar-refractivity contribution is 7.17. The van der Waals surface area contributed by atoms with Crippen molar-refractivity contribution in [2.75, 3.05) is 59.2 Å². The van der Waals surface area contributed by atoms with Crippen LogP contribution in [0.1, 0.15) is 68.8 Å². The number of amides is 7. The fourth-order valence-electron chi connectivity index (χ4n) is 11.2. The minimum absolute atomic E-state index is 0.00159. The largest absolute Gasteiger partial charge is 0.504 e. The molecule has 13 atom stereocenters. The van der Waals surface area contributed by atoms with E-state index in [2.05, 4.69) is 36.8 Å². The number of aromatic nitrogens is 2. The number of aliphatic hydroxyl groups is 6. The van der Waals surface area contributed by atoms with Gasteiger partial charge in [0.1, 0.15) is 52.0 Å². The summed E-state index contributed by atoms with van der Waals surface area (Å²) in [6.45, 7) is 5.17. The summed E-state index contributed by atoms with van der Waals surface area (Å²) in [6, 6.07) is 14.8. The third kappa shape index (κ3) is 18.1. The van der Waals surface area contributed by atoms with Gasteiger partial charge in [-0.2, -0.15) is 0 Å². The van der Waals surface area contributed by atoms with E-state index in [0.717, 1.165) is 45.6 Å². The lowest BCUT2D eigenvalue weighted by Gasteiger charge is -2.34. The van der Waals surface area contributed by atoms with Gasteiger partial charge in [-0.05, 0) is 92.9 Å². The number of phenols is 1. The van der Waals surface area contributed by atoms with E-state index in [4.69, 9.17) is 25.7 Å². The van der Waals surface area contributed by atoms with Crippen LogP contribution in [0.4, 0.5) is 0 Å². The average Bonchev–Trinajstić information content (AvgIpc) is 1.71. The van der Waals surface area contributed by atoms with E-state index in [-0.39, 0.29) is 55.3 Å². The number of fused-ring (bicyclic) bond motifs is 2. The van der Waals surface area contributed by atoms with Crippen molar-refractivity contribution >= 4 is 52.7 Å². The standard InChI is InChI=1S/C64H83N11O17S/c1-4-90-24-6-26-91-44-18-16-38(17-19-44)37-8-12-40(13-9-37)61-72-73-62(93-61)41-14-10-39(11-15-41)56(83)68-45-29-42(77)31-67-60(87)54-55(82)34(2)32-75(54)64(89)53(48(80)21-23-66)71-59(86)52(49(81)27-36-7-20-47(79)50(28-36)92-25-5-22-65)70-58(85)46-30-43(78)33-74(46)63(88)51(35(3)76)69-57(45)84/h7-20,28,34-35,42-43,45-46,48-49,51-55,76-82H,4-6,21-27,29-33,65-66H2,1-3H3,(H,67,87)(H,68,83)(H,69,84)(H,70,85)(H,71,86)/t34-,35+,42+,43+,45-,46-,48+,49+,51-,52-,53-,54-,55-/m0/s1. The second kappa shape index (κ2) is 33.1. The summed E-state index contributed by atoms with van der Waals surface area (Å²) in [5.41, 5.74) is 15.1. The van der Waals surface area contributed by atoms with Gasteiger partial charge < -0.3 is 97.8 Å². The van der Waals surface area contributed by atoms with Crippen LogP contribution in [-0.4, -0.2) is 229 Å². The van der Waals surface area contributed by atoms with Crippen molar-refractivity contribution in [1.29, 1.82) is 0 Å². The molecule has 3 saturated heterocycles. The molecule has 0 saturated carbocycles. The van der Waals surface area contributed by atoms with Gasteiger partial charge in [0.05, 0.1) is 49.8 Å². The van der Waals surface area contributed by atoms with Gasteiger partial charge >= 0.3 is 0 Å². The predicted octanol–water partition coefficient (Wildman–Crippen LogP) is -0.925. The first-order chi connectivity index (χ1) is 44.6. The molecule has 0 unspecified atom stereocenters. The number of nitrogens with one attached hydrogen (secondary N) is 5. The number of rotatable bonds is 22. The third-order valence-corrected chi connectivity index (χ3v) is 17.3. The fraction of sp³-hybridized carbons (Fsp3) is 0.484. The Morgan fingerprint density at radius 3 is 1.95 bits per heavy atom. The summed E-state index contributed by atoms with van der Waals surface area (Å²) in [6.07, 6.45) is -10.7. The first kappa shape index (κ1) is 70.6. The third-order valence-electron chi connectivity index (χ3n) is 16.3. The van der Waals surface area contributed by atoms with Crippen LogP contribution in [0, 0.1) is 5.92 Å². The number of hydrogen-bond acceptors (Lipinski definition) is 22. The molecule has 93 heavy (non-hydrogen) atoms. The summed E-state index contributed by atoms with van der Waals surface area (Å²) in [5, 5.41) is 102. The lowest BCUT2D eigenvalue weighted by Crippen LogP contribution is -2.64. The van der Waals surface area contributed by atoms with E-state index in [1.165, 1.54) is 48.6 Å². The molecule has 1 aromatic heterocycles. The van der Waals surface area contributed by atoms with Crippen LogP contribution < -0.4 is 47.5 Å². The lowest BCUT2D eigenvalue weighted by molar-refractivity contribution is -0.147. The van der Waals surface area contributed by atoms with Crippen molar-refractivity contribution in [1.82, 2.24) is 46.6 Å². The molecule has 16 N–H and O–H groups in total. The first-order valence-electron chi connectivity index (χ1n) is 31.0. The summed E-state index contributed by atoms with van der Waals surface area (Å²) in [5.74, 6) is -7.86. The number of ether oxygens (including phenoxy) is 3. The van der Waals surface area contributed by atoms with Crippen molar-refractivity contribution in [3.8, 4) is 49.5 Å².